The lowest BCUT2D eigenvalue weighted by Crippen LogP contribution is -1.97. The largest absolute Gasteiger partial charge is 0.206 e. The lowest BCUT2D eigenvalue weighted by atomic mass is 9.98. The van der Waals surface area contributed by atoms with E-state index in [0.29, 0.717) is 16.8 Å². The molecule has 0 atom stereocenters. The Labute approximate surface area is 123 Å². The first-order valence-corrected chi connectivity index (χ1v) is 7.25. The fourth-order valence-corrected chi connectivity index (χ4v) is 3.01. The molecule has 0 saturated carbocycles. The first-order chi connectivity index (χ1) is 10.3. The lowest BCUT2D eigenvalue weighted by Gasteiger charge is -2.10. The highest BCUT2D eigenvalue weighted by molar-refractivity contribution is 7.08. The van der Waals surface area contributed by atoms with Crippen LogP contribution < -0.4 is 0 Å². The lowest BCUT2D eigenvalue weighted by molar-refractivity contribution is 0.631. The number of thiophene rings is 1. The van der Waals surface area contributed by atoms with Crippen molar-refractivity contribution in [1.82, 2.24) is 19.8 Å². The summed E-state index contributed by atoms with van der Waals surface area (Å²) >= 11 is 1.59. The maximum absolute atomic E-state index is 14.3. The molecule has 0 amide bonds. The van der Waals surface area contributed by atoms with Crippen LogP contribution in [0.3, 0.4) is 0 Å². The van der Waals surface area contributed by atoms with Crippen molar-refractivity contribution in [2.24, 2.45) is 0 Å². The second kappa shape index (κ2) is 4.75. The van der Waals surface area contributed by atoms with E-state index in [9.17, 15) is 4.39 Å². The van der Waals surface area contributed by atoms with Crippen molar-refractivity contribution in [3.63, 3.8) is 0 Å². The topological polar surface area (TPSA) is 43.1 Å². The Bertz CT molecular complexity index is 914. The molecule has 0 aliphatic rings. The van der Waals surface area contributed by atoms with Crippen LogP contribution >= 0.6 is 11.3 Å². The van der Waals surface area contributed by atoms with Crippen molar-refractivity contribution in [3.05, 3.63) is 59.4 Å². The average Bonchev–Trinajstić information content (AvgIpc) is 3.18. The summed E-state index contributed by atoms with van der Waals surface area (Å²) in [7, 11) is 0. The van der Waals surface area contributed by atoms with Crippen LogP contribution in [0.4, 0.5) is 4.39 Å². The van der Waals surface area contributed by atoms with E-state index in [1.165, 1.54) is 12.4 Å². The van der Waals surface area contributed by atoms with Gasteiger partial charge in [-0.1, -0.05) is 18.2 Å². The Balaban J connectivity index is 2.12. The fourth-order valence-electron chi connectivity index (χ4n) is 2.35. The van der Waals surface area contributed by atoms with Gasteiger partial charge >= 0.3 is 0 Å². The molecule has 3 aromatic heterocycles. The van der Waals surface area contributed by atoms with Gasteiger partial charge in [-0.2, -0.15) is 21.0 Å². The molecule has 0 aliphatic heterocycles. The predicted molar refractivity (Wildman–Crippen MR) is 79.5 cm³/mol. The minimum atomic E-state index is -0.287. The molecule has 0 bridgehead atoms. The summed E-state index contributed by atoms with van der Waals surface area (Å²) in [5.74, 6) is -0.287. The average molecular weight is 296 g/mol. The van der Waals surface area contributed by atoms with Gasteiger partial charge in [0, 0.05) is 16.7 Å². The monoisotopic (exact) mass is 296 g/mol. The van der Waals surface area contributed by atoms with Gasteiger partial charge in [0.2, 0.25) is 0 Å². The van der Waals surface area contributed by atoms with E-state index in [1.54, 1.807) is 34.2 Å². The van der Waals surface area contributed by atoms with Crippen molar-refractivity contribution in [1.29, 1.82) is 0 Å². The maximum Gasteiger partial charge on any atom is 0.186 e. The van der Waals surface area contributed by atoms with Gasteiger partial charge in [0.15, 0.2) is 5.65 Å². The van der Waals surface area contributed by atoms with E-state index >= 15 is 0 Å². The zero-order chi connectivity index (χ0) is 14.2. The quantitative estimate of drug-likeness (QED) is 0.567. The number of aromatic nitrogens is 4. The van der Waals surface area contributed by atoms with E-state index in [1.807, 2.05) is 22.9 Å². The molecule has 0 fully saturated rings. The van der Waals surface area contributed by atoms with Gasteiger partial charge in [-0.3, -0.25) is 0 Å². The Kier molecular flexibility index (Phi) is 2.75. The van der Waals surface area contributed by atoms with Crippen molar-refractivity contribution in [2.45, 2.75) is 0 Å². The molecule has 0 radical (unpaired) electrons. The molecule has 3 heterocycles. The summed E-state index contributed by atoms with van der Waals surface area (Å²) in [4.78, 5) is 0. The summed E-state index contributed by atoms with van der Waals surface area (Å²) in [5, 5.41) is 16.2. The van der Waals surface area contributed by atoms with Crippen LogP contribution in [0.15, 0.2) is 53.6 Å². The second-order valence-electron chi connectivity index (χ2n) is 4.52. The van der Waals surface area contributed by atoms with Crippen LogP contribution in [0, 0.1) is 5.82 Å². The molecule has 0 unspecified atom stereocenters. The van der Waals surface area contributed by atoms with Gasteiger partial charge in [-0.05, 0) is 28.5 Å². The minimum Gasteiger partial charge on any atom is -0.206 e. The van der Waals surface area contributed by atoms with Crippen LogP contribution in [0.1, 0.15) is 0 Å². The molecule has 4 rings (SSSR count). The number of hydrogen-bond acceptors (Lipinski definition) is 4. The van der Waals surface area contributed by atoms with Crippen LogP contribution in [0.25, 0.3) is 27.9 Å². The number of rotatable bonds is 2. The molecule has 0 spiro atoms. The zero-order valence-corrected chi connectivity index (χ0v) is 11.6. The van der Waals surface area contributed by atoms with Gasteiger partial charge in [0.1, 0.15) is 12.1 Å². The van der Waals surface area contributed by atoms with Gasteiger partial charge in [0.05, 0.1) is 6.20 Å². The van der Waals surface area contributed by atoms with Crippen LogP contribution in [-0.2, 0) is 0 Å². The first kappa shape index (κ1) is 12.2. The van der Waals surface area contributed by atoms with E-state index in [2.05, 4.69) is 15.3 Å². The molecule has 102 valence electrons. The van der Waals surface area contributed by atoms with Crippen LogP contribution in [-0.4, -0.2) is 19.8 Å². The fraction of sp³-hybridized carbons (Fsp3) is 0. The minimum absolute atomic E-state index is 0.287. The molecule has 1 aromatic carbocycles. The second-order valence-corrected chi connectivity index (χ2v) is 5.30. The first-order valence-electron chi connectivity index (χ1n) is 6.31. The molecule has 0 N–H and O–H groups in total. The van der Waals surface area contributed by atoms with E-state index in [4.69, 9.17) is 0 Å². The van der Waals surface area contributed by atoms with Crippen LogP contribution in [0.2, 0.25) is 0 Å². The molecule has 0 saturated heterocycles. The number of fused-ring (bicyclic) bond motifs is 1. The van der Waals surface area contributed by atoms with E-state index in [-0.39, 0.29) is 5.82 Å². The zero-order valence-electron chi connectivity index (χ0n) is 10.8. The highest BCUT2D eigenvalue weighted by atomic mass is 32.1. The van der Waals surface area contributed by atoms with Crippen molar-refractivity contribution >= 4 is 17.0 Å². The molecule has 6 heteroatoms. The van der Waals surface area contributed by atoms with Gasteiger partial charge in [-0.25, -0.2) is 4.39 Å². The molecular weight excluding hydrogens is 287 g/mol. The summed E-state index contributed by atoms with van der Waals surface area (Å²) in [5.41, 5.74) is 3.60. The Morgan fingerprint density at radius 1 is 1.10 bits per heavy atom. The standard InChI is InChI=1S/C15H9FN4S/c16-13-4-2-1-3-11(13)14-12(10-5-6-21-8-10)7-18-20-9-17-19-15(14)20/h1-9H. The van der Waals surface area contributed by atoms with Crippen molar-refractivity contribution in [3.8, 4) is 22.3 Å². The molecule has 0 aliphatic carbocycles. The third-order valence-electron chi connectivity index (χ3n) is 3.31. The third kappa shape index (κ3) is 1.92. The molecule has 21 heavy (non-hydrogen) atoms. The maximum atomic E-state index is 14.3. The molecule has 4 nitrogen and oxygen atoms in total. The van der Waals surface area contributed by atoms with E-state index in [0.717, 1.165) is 11.1 Å². The van der Waals surface area contributed by atoms with Gasteiger partial charge in [0.25, 0.3) is 0 Å². The normalized spacial score (nSPS) is 11.1. The van der Waals surface area contributed by atoms with Gasteiger partial charge < -0.3 is 0 Å². The highest BCUT2D eigenvalue weighted by Gasteiger charge is 2.17. The smallest absolute Gasteiger partial charge is 0.186 e. The molecule has 4 aromatic rings. The van der Waals surface area contributed by atoms with E-state index < -0.39 is 0 Å². The molecular formula is C15H9FN4S. The van der Waals surface area contributed by atoms with Gasteiger partial charge in [-0.15, -0.1) is 10.2 Å². The third-order valence-corrected chi connectivity index (χ3v) is 3.99. The number of benzene rings is 1. The highest BCUT2D eigenvalue weighted by Crippen LogP contribution is 2.36. The van der Waals surface area contributed by atoms with Crippen molar-refractivity contribution < 1.29 is 4.39 Å². The summed E-state index contributed by atoms with van der Waals surface area (Å²) in [6.45, 7) is 0. The Hall–Kier alpha value is -2.60. The SMILES string of the molecule is Fc1ccccc1-c1c(-c2ccsc2)cnn2cnnc12. The van der Waals surface area contributed by atoms with Crippen LogP contribution in [0.5, 0.6) is 0 Å². The number of hydrogen-bond donors (Lipinski definition) is 0. The summed E-state index contributed by atoms with van der Waals surface area (Å²) < 4.78 is 15.8. The Morgan fingerprint density at radius 3 is 2.81 bits per heavy atom. The summed E-state index contributed by atoms with van der Waals surface area (Å²) in [6, 6.07) is 8.66. The van der Waals surface area contributed by atoms with Crippen molar-refractivity contribution in [2.75, 3.05) is 0 Å². The predicted octanol–water partition coefficient (Wildman–Crippen LogP) is 3.66. The Morgan fingerprint density at radius 2 is 2.00 bits per heavy atom. The number of nitrogens with zero attached hydrogens (tertiary/aromatic N) is 4. The summed E-state index contributed by atoms with van der Waals surface area (Å²) in [6.07, 6.45) is 3.23. The number of halogens is 1.